The molecule has 2 fully saturated rings. The lowest BCUT2D eigenvalue weighted by Crippen LogP contribution is -2.62. The molecule has 0 spiro atoms. The van der Waals surface area contributed by atoms with Crippen molar-refractivity contribution in [1.29, 1.82) is 0 Å². The first-order valence-electron chi connectivity index (χ1n) is 7.94. The molecule has 0 saturated carbocycles. The minimum absolute atomic E-state index is 0.302. The van der Waals surface area contributed by atoms with Crippen LogP contribution in [0.25, 0.3) is 0 Å². The standard InChI is InChI=1S/C17H20N4O2/c22-16-21(14-5-2-1-3-6-14)17(13-23-16,15-7-4-8-19-15)20-11-9-18-10-12-20/h1-8,18-19H,9-13H2. The molecule has 1 amide bonds. The van der Waals surface area contributed by atoms with Crippen LogP contribution in [0.2, 0.25) is 0 Å². The predicted molar refractivity (Wildman–Crippen MR) is 87.2 cm³/mol. The summed E-state index contributed by atoms with van der Waals surface area (Å²) in [6, 6.07) is 13.7. The van der Waals surface area contributed by atoms with Crippen molar-refractivity contribution in [2.75, 3.05) is 37.7 Å². The first-order valence-corrected chi connectivity index (χ1v) is 7.94. The van der Waals surface area contributed by atoms with Crippen LogP contribution in [0.3, 0.4) is 0 Å². The molecular weight excluding hydrogens is 292 g/mol. The first-order chi connectivity index (χ1) is 11.3. The summed E-state index contributed by atoms with van der Waals surface area (Å²) in [4.78, 5) is 20.0. The Kier molecular flexibility index (Phi) is 3.55. The molecule has 2 aliphatic heterocycles. The van der Waals surface area contributed by atoms with E-state index in [9.17, 15) is 4.79 Å². The van der Waals surface area contributed by atoms with Crippen LogP contribution in [0.5, 0.6) is 0 Å². The van der Waals surface area contributed by atoms with Gasteiger partial charge in [0.25, 0.3) is 0 Å². The molecule has 1 atom stereocenters. The highest BCUT2D eigenvalue weighted by molar-refractivity contribution is 5.91. The van der Waals surface area contributed by atoms with Crippen molar-refractivity contribution < 1.29 is 9.53 Å². The Morgan fingerprint density at radius 2 is 1.83 bits per heavy atom. The molecule has 3 heterocycles. The van der Waals surface area contributed by atoms with Crippen LogP contribution in [-0.4, -0.2) is 48.8 Å². The molecule has 1 unspecified atom stereocenters. The summed E-state index contributed by atoms with van der Waals surface area (Å²) < 4.78 is 5.52. The minimum atomic E-state index is -0.621. The molecule has 2 N–H and O–H groups in total. The first kappa shape index (κ1) is 14.3. The summed E-state index contributed by atoms with van der Waals surface area (Å²) in [6.07, 6.45) is 1.59. The fraction of sp³-hybridized carbons (Fsp3) is 0.353. The third kappa shape index (κ3) is 2.22. The van der Waals surface area contributed by atoms with Gasteiger partial charge in [-0.1, -0.05) is 18.2 Å². The Morgan fingerprint density at radius 3 is 2.52 bits per heavy atom. The zero-order valence-electron chi connectivity index (χ0n) is 12.9. The number of nitrogens with one attached hydrogen (secondary N) is 2. The molecule has 2 aliphatic rings. The Morgan fingerprint density at radius 1 is 1.04 bits per heavy atom. The summed E-state index contributed by atoms with van der Waals surface area (Å²) >= 11 is 0. The maximum Gasteiger partial charge on any atom is 0.416 e. The van der Waals surface area contributed by atoms with Crippen LogP contribution in [0.15, 0.2) is 48.7 Å². The molecule has 0 aliphatic carbocycles. The highest BCUT2D eigenvalue weighted by Crippen LogP contribution is 2.40. The maximum atomic E-state index is 12.6. The number of H-pyrrole nitrogens is 1. The van der Waals surface area contributed by atoms with E-state index in [-0.39, 0.29) is 6.09 Å². The fourth-order valence-electron chi connectivity index (χ4n) is 3.55. The molecule has 2 aromatic rings. The second-order valence-corrected chi connectivity index (χ2v) is 5.86. The zero-order chi connectivity index (χ0) is 15.7. The van der Waals surface area contributed by atoms with Gasteiger partial charge in [-0.2, -0.15) is 0 Å². The third-order valence-electron chi connectivity index (χ3n) is 4.63. The molecule has 23 heavy (non-hydrogen) atoms. The van der Waals surface area contributed by atoms with Gasteiger partial charge < -0.3 is 15.0 Å². The number of nitrogens with zero attached hydrogens (tertiary/aromatic N) is 2. The number of aromatic amines is 1. The lowest BCUT2D eigenvalue weighted by Gasteiger charge is -2.45. The Hall–Kier alpha value is -2.31. The lowest BCUT2D eigenvalue weighted by atomic mass is 10.0. The molecule has 2 saturated heterocycles. The Balaban J connectivity index is 1.85. The molecule has 6 heteroatoms. The van der Waals surface area contributed by atoms with Crippen molar-refractivity contribution in [3.8, 4) is 0 Å². The van der Waals surface area contributed by atoms with Crippen molar-refractivity contribution in [2.24, 2.45) is 0 Å². The summed E-state index contributed by atoms with van der Waals surface area (Å²) in [5.74, 6) is 0. The number of ether oxygens (including phenoxy) is 1. The highest BCUT2D eigenvalue weighted by Gasteiger charge is 2.54. The largest absolute Gasteiger partial charge is 0.445 e. The van der Waals surface area contributed by atoms with Gasteiger partial charge in [-0.15, -0.1) is 0 Å². The molecule has 1 aromatic carbocycles. The van der Waals surface area contributed by atoms with E-state index in [4.69, 9.17) is 4.74 Å². The summed E-state index contributed by atoms with van der Waals surface area (Å²) in [5, 5.41) is 3.37. The number of carbonyl (C=O) groups is 1. The van der Waals surface area contributed by atoms with Gasteiger partial charge >= 0.3 is 6.09 Å². The van der Waals surface area contributed by atoms with Gasteiger partial charge in [-0.05, 0) is 24.3 Å². The number of piperazine rings is 1. The van der Waals surface area contributed by atoms with Crippen LogP contribution in [-0.2, 0) is 10.4 Å². The minimum Gasteiger partial charge on any atom is -0.445 e. The van der Waals surface area contributed by atoms with Gasteiger partial charge in [0.05, 0.1) is 5.69 Å². The number of para-hydroxylation sites is 1. The van der Waals surface area contributed by atoms with Gasteiger partial charge in [-0.3, -0.25) is 4.90 Å². The van der Waals surface area contributed by atoms with E-state index < -0.39 is 5.66 Å². The van der Waals surface area contributed by atoms with Crippen LogP contribution in [0.1, 0.15) is 5.69 Å². The Labute approximate surface area is 135 Å². The van der Waals surface area contributed by atoms with E-state index in [1.165, 1.54) is 0 Å². The topological polar surface area (TPSA) is 60.6 Å². The second-order valence-electron chi connectivity index (χ2n) is 5.86. The smallest absolute Gasteiger partial charge is 0.416 e. The predicted octanol–water partition coefficient (Wildman–Crippen LogP) is 1.73. The number of cyclic esters (lactones) is 1. The number of anilines is 1. The van der Waals surface area contributed by atoms with E-state index in [0.717, 1.165) is 37.6 Å². The van der Waals surface area contributed by atoms with E-state index in [1.807, 2.05) is 48.7 Å². The number of aromatic nitrogens is 1. The van der Waals surface area contributed by atoms with E-state index >= 15 is 0 Å². The number of amides is 1. The molecule has 120 valence electrons. The van der Waals surface area contributed by atoms with Crippen molar-refractivity contribution >= 4 is 11.8 Å². The fourth-order valence-corrected chi connectivity index (χ4v) is 3.55. The number of benzene rings is 1. The lowest BCUT2D eigenvalue weighted by molar-refractivity contribution is 0.0549. The summed E-state index contributed by atoms with van der Waals surface area (Å²) in [7, 11) is 0. The maximum absolute atomic E-state index is 12.6. The van der Waals surface area contributed by atoms with E-state index in [2.05, 4.69) is 15.2 Å². The van der Waals surface area contributed by atoms with Crippen molar-refractivity contribution in [3.05, 3.63) is 54.4 Å². The van der Waals surface area contributed by atoms with Crippen LogP contribution in [0.4, 0.5) is 10.5 Å². The van der Waals surface area contributed by atoms with Gasteiger partial charge in [0.15, 0.2) is 5.66 Å². The SMILES string of the molecule is O=C1OCC(c2ccc[nH]2)(N2CCNCC2)N1c1ccccc1. The van der Waals surface area contributed by atoms with Gasteiger partial charge in [-0.25, -0.2) is 9.69 Å². The molecule has 4 rings (SSSR count). The zero-order valence-corrected chi connectivity index (χ0v) is 12.9. The average Bonchev–Trinajstić information content (AvgIpc) is 3.25. The third-order valence-corrected chi connectivity index (χ3v) is 4.63. The summed E-state index contributed by atoms with van der Waals surface area (Å²) in [5.41, 5.74) is 1.21. The second kappa shape index (κ2) is 5.72. The van der Waals surface area contributed by atoms with Crippen LogP contribution in [0, 0.1) is 0 Å². The monoisotopic (exact) mass is 312 g/mol. The molecular formula is C17H20N4O2. The van der Waals surface area contributed by atoms with Crippen molar-refractivity contribution in [2.45, 2.75) is 5.66 Å². The number of carbonyl (C=O) groups excluding carboxylic acids is 1. The van der Waals surface area contributed by atoms with Crippen molar-refractivity contribution in [3.63, 3.8) is 0 Å². The van der Waals surface area contributed by atoms with E-state index in [1.54, 1.807) is 4.90 Å². The van der Waals surface area contributed by atoms with Gasteiger partial charge in [0.2, 0.25) is 0 Å². The summed E-state index contributed by atoms with van der Waals surface area (Å²) in [6.45, 7) is 3.85. The normalized spacial score (nSPS) is 25.6. The molecule has 1 aromatic heterocycles. The van der Waals surface area contributed by atoms with E-state index in [0.29, 0.717) is 6.61 Å². The number of hydrogen-bond donors (Lipinski definition) is 2. The number of rotatable bonds is 3. The molecule has 0 radical (unpaired) electrons. The molecule has 0 bridgehead atoms. The quantitative estimate of drug-likeness (QED) is 0.906. The van der Waals surface area contributed by atoms with Crippen LogP contribution < -0.4 is 10.2 Å². The Bertz CT molecular complexity index is 667. The van der Waals surface area contributed by atoms with Gasteiger partial charge in [0, 0.05) is 38.1 Å². The van der Waals surface area contributed by atoms with Crippen LogP contribution >= 0.6 is 0 Å². The average molecular weight is 312 g/mol. The number of hydrogen-bond acceptors (Lipinski definition) is 4. The highest BCUT2D eigenvalue weighted by atomic mass is 16.6. The van der Waals surface area contributed by atoms with Gasteiger partial charge in [0.1, 0.15) is 6.61 Å². The van der Waals surface area contributed by atoms with Crippen molar-refractivity contribution in [1.82, 2.24) is 15.2 Å². The molecule has 6 nitrogen and oxygen atoms in total.